The molecule has 1 amide bonds. The van der Waals surface area contributed by atoms with Gasteiger partial charge < -0.3 is 10.6 Å². The van der Waals surface area contributed by atoms with Crippen molar-refractivity contribution in [3.8, 4) is 0 Å². The van der Waals surface area contributed by atoms with E-state index >= 15 is 0 Å². The molecule has 1 aliphatic heterocycles. The summed E-state index contributed by atoms with van der Waals surface area (Å²) in [7, 11) is 0. The first-order valence-electron chi connectivity index (χ1n) is 6.76. The Morgan fingerprint density at radius 1 is 1.31 bits per heavy atom. The average Bonchev–Trinajstić information content (AvgIpc) is 2.74. The third kappa shape index (κ3) is 3.21. The highest BCUT2D eigenvalue weighted by Gasteiger charge is 2.24. The summed E-state index contributed by atoms with van der Waals surface area (Å²) in [6.45, 7) is 4.37. The van der Waals surface area contributed by atoms with Gasteiger partial charge in [-0.1, -0.05) is 19.8 Å². The van der Waals surface area contributed by atoms with E-state index in [1.165, 1.54) is 25.7 Å². The molecule has 0 aromatic carbocycles. The number of rotatable bonds is 3. The summed E-state index contributed by atoms with van der Waals surface area (Å²) in [5.41, 5.74) is 0. The van der Waals surface area contributed by atoms with E-state index in [9.17, 15) is 4.79 Å². The van der Waals surface area contributed by atoms with Crippen LogP contribution in [0, 0.1) is 11.8 Å². The molecular formula is C13H24N2O. The van der Waals surface area contributed by atoms with Gasteiger partial charge in [0.25, 0.3) is 0 Å². The fraction of sp³-hybridized carbons (Fsp3) is 0.923. The van der Waals surface area contributed by atoms with E-state index in [4.69, 9.17) is 0 Å². The standard InChI is InChI=1S/C13H24N2O/c1-10-4-2-3-5-12(10)15-13(16)8-11-6-7-14-9-11/h10-12,14H,2-9H2,1H3,(H,15,16). The molecule has 0 aromatic heterocycles. The Morgan fingerprint density at radius 2 is 2.12 bits per heavy atom. The van der Waals surface area contributed by atoms with E-state index < -0.39 is 0 Å². The van der Waals surface area contributed by atoms with Gasteiger partial charge in [0.05, 0.1) is 0 Å². The molecule has 2 N–H and O–H groups in total. The second-order valence-electron chi connectivity index (χ2n) is 5.50. The van der Waals surface area contributed by atoms with Crippen molar-refractivity contribution >= 4 is 5.91 Å². The third-order valence-corrected chi connectivity index (χ3v) is 4.09. The van der Waals surface area contributed by atoms with Crippen molar-refractivity contribution in [3.05, 3.63) is 0 Å². The van der Waals surface area contributed by atoms with Crippen molar-refractivity contribution < 1.29 is 4.79 Å². The number of hydrogen-bond donors (Lipinski definition) is 2. The van der Waals surface area contributed by atoms with Gasteiger partial charge in [-0.25, -0.2) is 0 Å². The van der Waals surface area contributed by atoms with E-state index in [0.29, 0.717) is 17.9 Å². The number of amides is 1. The van der Waals surface area contributed by atoms with Gasteiger partial charge in [0.1, 0.15) is 0 Å². The highest BCUT2D eigenvalue weighted by Crippen LogP contribution is 2.24. The lowest BCUT2D eigenvalue weighted by Gasteiger charge is -2.29. The van der Waals surface area contributed by atoms with E-state index in [2.05, 4.69) is 17.6 Å². The van der Waals surface area contributed by atoms with Crippen LogP contribution in [0.5, 0.6) is 0 Å². The van der Waals surface area contributed by atoms with Crippen molar-refractivity contribution in [1.82, 2.24) is 10.6 Å². The highest BCUT2D eigenvalue weighted by atomic mass is 16.1. The number of hydrogen-bond acceptors (Lipinski definition) is 2. The van der Waals surface area contributed by atoms with Crippen molar-refractivity contribution in [1.29, 1.82) is 0 Å². The molecule has 2 rings (SSSR count). The van der Waals surface area contributed by atoms with Crippen LogP contribution in [0.4, 0.5) is 0 Å². The van der Waals surface area contributed by atoms with Crippen molar-refractivity contribution in [2.45, 2.75) is 51.5 Å². The predicted molar refractivity (Wildman–Crippen MR) is 65.2 cm³/mol. The SMILES string of the molecule is CC1CCCCC1NC(=O)CC1CCNC1. The number of carbonyl (C=O) groups is 1. The van der Waals surface area contributed by atoms with Gasteiger partial charge in [0, 0.05) is 12.5 Å². The van der Waals surface area contributed by atoms with E-state index in [1.807, 2.05) is 0 Å². The van der Waals surface area contributed by atoms with Gasteiger partial charge in [-0.2, -0.15) is 0 Å². The zero-order chi connectivity index (χ0) is 11.4. The maximum Gasteiger partial charge on any atom is 0.220 e. The van der Waals surface area contributed by atoms with E-state index in [1.54, 1.807) is 0 Å². The first-order chi connectivity index (χ1) is 7.75. The molecule has 2 fully saturated rings. The Balaban J connectivity index is 1.72. The van der Waals surface area contributed by atoms with Crippen LogP contribution in [0.25, 0.3) is 0 Å². The molecule has 3 nitrogen and oxygen atoms in total. The van der Waals surface area contributed by atoms with Gasteiger partial charge in [-0.05, 0) is 44.2 Å². The Hall–Kier alpha value is -0.570. The van der Waals surface area contributed by atoms with Gasteiger partial charge in [-0.3, -0.25) is 4.79 Å². The summed E-state index contributed by atoms with van der Waals surface area (Å²) in [6.07, 6.45) is 6.94. The Labute approximate surface area is 98.4 Å². The molecule has 0 aromatic rings. The minimum atomic E-state index is 0.271. The summed E-state index contributed by atoms with van der Waals surface area (Å²) >= 11 is 0. The summed E-state index contributed by atoms with van der Waals surface area (Å²) in [4.78, 5) is 11.9. The first kappa shape index (κ1) is 11.9. The molecule has 92 valence electrons. The Kier molecular flexibility index (Phi) is 4.22. The lowest BCUT2D eigenvalue weighted by Crippen LogP contribution is -2.41. The Morgan fingerprint density at radius 3 is 2.81 bits per heavy atom. The molecule has 3 heteroatoms. The fourth-order valence-electron chi connectivity index (χ4n) is 2.95. The lowest BCUT2D eigenvalue weighted by molar-refractivity contribution is -0.123. The van der Waals surface area contributed by atoms with Crippen LogP contribution in [0.15, 0.2) is 0 Å². The minimum Gasteiger partial charge on any atom is -0.353 e. The molecule has 1 aliphatic carbocycles. The Bertz CT molecular complexity index is 236. The quantitative estimate of drug-likeness (QED) is 0.766. The van der Waals surface area contributed by atoms with Crippen LogP contribution in [-0.4, -0.2) is 25.0 Å². The van der Waals surface area contributed by atoms with Gasteiger partial charge in [-0.15, -0.1) is 0 Å². The van der Waals surface area contributed by atoms with Gasteiger partial charge >= 0.3 is 0 Å². The summed E-state index contributed by atoms with van der Waals surface area (Å²) in [5.74, 6) is 1.51. The van der Waals surface area contributed by atoms with Gasteiger partial charge in [0.15, 0.2) is 0 Å². The maximum absolute atomic E-state index is 11.9. The molecule has 0 bridgehead atoms. The summed E-state index contributed by atoms with van der Waals surface area (Å²) in [6, 6.07) is 0.440. The second-order valence-corrected chi connectivity index (χ2v) is 5.50. The van der Waals surface area contributed by atoms with Crippen LogP contribution < -0.4 is 10.6 Å². The average molecular weight is 224 g/mol. The van der Waals surface area contributed by atoms with Crippen molar-refractivity contribution in [2.24, 2.45) is 11.8 Å². The van der Waals surface area contributed by atoms with Crippen molar-refractivity contribution in [2.75, 3.05) is 13.1 Å². The largest absolute Gasteiger partial charge is 0.353 e. The third-order valence-electron chi connectivity index (χ3n) is 4.09. The molecular weight excluding hydrogens is 200 g/mol. The van der Waals surface area contributed by atoms with Crippen LogP contribution in [0.3, 0.4) is 0 Å². The zero-order valence-electron chi connectivity index (χ0n) is 10.3. The topological polar surface area (TPSA) is 41.1 Å². The number of carbonyl (C=O) groups excluding carboxylic acids is 1. The van der Waals surface area contributed by atoms with Crippen LogP contribution in [-0.2, 0) is 4.79 Å². The summed E-state index contributed by atoms with van der Waals surface area (Å²) < 4.78 is 0. The second kappa shape index (κ2) is 5.67. The maximum atomic E-state index is 11.9. The van der Waals surface area contributed by atoms with Crippen LogP contribution in [0.1, 0.15) is 45.4 Å². The molecule has 2 aliphatic rings. The first-order valence-corrected chi connectivity index (χ1v) is 6.76. The number of nitrogens with one attached hydrogen (secondary N) is 2. The van der Waals surface area contributed by atoms with Crippen LogP contribution >= 0.6 is 0 Å². The molecule has 16 heavy (non-hydrogen) atoms. The van der Waals surface area contributed by atoms with E-state index in [0.717, 1.165) is 25.9 Å². The predicted octanol–water partition coefficient (Wildman–Crippen LogP) is 1.68. The molecule has 1 heterocycles. The minimum absolute atomic E-state index is 0.271. The molecule has 1 saturated heterocycles. The van der Waals surface area contributed by atoms with Crippen molar-refractivity contribution in [3.63, 3.8) is 0 Å². The molecule has 0 radical (unpaired) electrons. The molecule has 0 spiro atoms. The molecule has 3 atom stereocenters. The normalized spacial score (nSPS) is 34.9. The van der Waals surface area contributed by atoms with Gasteiger partial charge in [0.2, 0.25) is 5.91 Å². The summed E-state index contributed by atoms with van der Waals surface area (Å²) in [5, 5.41) is 6.54. The monoisotopic (exact) mass is 224 g/mol. The molecule has 3 unspecified atom stereocenters. The van der Waals surface area contributed by atoms with Crippen LogP contribution in [0.2, 0.25) is 0 Å². The highest BCUT2D eigenvalue weighted by molar-refractivity contribution is 5.76. The lowest BCUT2D eigenvalue weighted by atomic mass is 9.86. The zero-order valence-corrected chi connectivity index (χ0v) is 10.3. The fourth-order valence-corrected chi connectivity index (χ4v) is 2.95. The smallest absolute Gasteiger partial charge is 0.220 e. The molecule has 1 saturated carbocycles. The van der Waals surface area contributed by atoms with E-state index in [-0.39, 0.29) is 5.91 Å².